The lowest BCUT2D eigenvalue weighted by atomic mass is 10.2. The number of methoxy groups -OCH3 is 2. The number of halogens is 3. The molecule has 0 radical (unpaired) electrons. The third-order valence-corrected chi connectivity index (χ3v) is 4.59. The maximum Gasteiger partial charge on any atom is 0.230 e. The highest BCUT2D eigenvalue weighted by molar-refractivity contribution is 5.96. The Morgan fingerprint density at radius 1 is 1.12 bits per heavy atom. The third kappa shape index (κ3) is 5.09. The SMILES string of the molecule is COc1cc(OC)c2c(Nc3cc(CC(=O)Nc4cccc(F)c4F)[nH]n3)ncnc2c1.Cl. The van der Waals surface area contributed by atoms with E-state index >= 15 is 0 Å². The zero-order valence-corrected chi connectivity index (χ0v) is 18.3. The van der Waals surface area contributed by atoms with E-state index in [1.165, 1.54) is 25.6 Å². The molecular formula is C21H19ClF2N6O3. The number of nitrogens with one attached hydrogen (secondary N) is 3. The second-order valence-corrected chi connectivity index (χ2v) is 6.68. The normalized spacial score (nSPS) is 10.4. The Morgan fingerprint density at radius 2 is 1.94 bits per heavy atom. The summed E-state index contributed by atoms with van der Waals surface area (Å²) in [5.74, 6) is -0.765. The molecule has 0 bridgehead atoms. The van der Waals surface area contributed by atoms with E-state index in [0.717, 1.165) is 6.07 Å². The molecule has 0 unspecified atom stereocenters. The van der Waals surface area contributed by atoms with Crippen LogP contribution < -0.4 is 20.1 Å². The van der Waals surface area contributed by atoms with Gasteiger partial charge in [-0.25, -0.2) is 18.7 Å². The largest absolute Gasteiger partial charge is 0.497 e. The molecule has 2 heterocycles. The molecule has 4 aromatic rings. The Kier molecular flexibility index (Phi) is 7.23. The van der Waals surface area contributed by atoms with Crippen LogP contribution in [0.4, 0.5) is 26.1 Å². The van der Waals surface area contributed by atoms with Gasteiger partial charge in [-0.05, 0) is 12.1 Å². The second kappa shape index (κ2) is 10.1. The summed E-state index contributed by atoms with van der Waals surface area (Å²) in [5, 5.41) is 12.9. The van der Waals surface area contributed by atoms with Crippen LogP contribution in [0, 0.1) is 11.6 Å². The van der Waals surface area contributed by atoms with Crippen molar-refractivity contribution in [1.29, 1.82) is 0 Å². The maximum atomic E-state index is 13.7. The summed E-state index contributed by atoms with van der Waals surface area (Å²) < 4.78 is 37.7. The number of hydrogen-bond donors (Lipinski definition) is 3. The first-order chi connectivity index (χ1) is 15.5. The smallest absolute Gasteiger partial charge is 0.230 e. The molecule has 0 saturated carbocycles. The molecule has 4 rings (SSSR count). The van der Waals surface area contributed by atoms with E-state index in [9.17, 15) is 13.6 Å². The highest BCUT2D eigenvalue weighted by Crippen LogP contribution is 2.34. The number of H-pyrrole nitrogens is 1. The van der Waals surface area contributed by atoms with Crippen molar-refractivity contribution in [2.24, 2.45) is 0 Å². The Hall–Kier alpha value is -3.99. The van der Waals surface area contributed by atoms with Gasteiger partial charge in [0.2, 0.25) is 5.91 Å². The van der Waals surface area contributed by atoms with E-state index in [-0.39, 0.29) is 24.5 Å². The van der Waals surface area contributed by atoms with E-state index in [4.69, 9.17) is 9.47 Å². The van der Waals surface area contributed by atoms with Crippen molar-refractivity contribution < 1.29 is 23.0 Å². The van der Waals surface area contributed by atoms with Crippen molar-refractivity contribution in [1.82, 2.24) is 20.2 Å². The van der Waals surface area contributed by atoms with Crippen molar-refractivity contribution in [3.8, 4) is 11.5 Å². The van der Waals surface area contributed by atoms with Gasteiger partial charge in [0, 0.05) is 23.9 Å². The first kappa shape index (κ1) is 23.7. The molecule has 2 aromatic heterocycles. The average Bonchev–Trinajstić information content (AvgIpc) is 3.22. The second-order valence-electron chi connectivity index (χ2n) is 6.68. The number of aromatic amines is 1. The van der Waals surface area contributed by atoms with Gasteiger partial charge in [0.1, 0.15) is 23.6 Å². The van der Waals surface area contributed by atoms with E-state index in [1.54, 1.807) is 25.3 Å². The molecule has 0 aliphatic rings. The minimum atomic E-state index is -1.12. The number of carbonyl (C=O) groups excluding carboxylic acids is 1. The van der Waals surface area contributed by atoms with Gasteiger partial charge in [-0.2, -0.15) is 5.10 Å². The van der Waals surface area contributed by atoms with Gasteiger partial charge in [0.05, 0.1) is 37.2 Å². The van der Waals surface area contributed by atoms with Gasteiger partial charge < -0.3 is 20.1 Å². The van der Waals surface area contributed by atoms with Crippen molar-refractivity contribution in [3.05, 3.63) is 60.1 Å². The number of aromatic nitrogens is 4. The quantitative estimate of drug-likeness (QED) is 0.369. The first-order valence-electron chi connectivity index (χ1n) is 9.40. The number of rotatable bonds is 7. The minimum Gasteiger partial charge on any atom is -0.497 e. The Balaban J connectivity index is 0.00000306. The number of carbonyl (C=O) groups is 1. The molecular weight excluding hydrogens is 458 g/mol. The fourth-order valence-electron chi connectivity index (χ4n) is 3.11. The van der Waals surface area contributed by atoms with Crippen molar-refractivity contribution in [3.63, 3.8) is 0 Å². The molecule has 12 heteroatoms. The van der Waals surface area contributed by atoms with Crippen LogP contribution in [0.2, 0.25) is 0 Å². The highest BCUT2D eigenvalue weighted by atomic mass is 35.5. The molecule has 0 aliphatic carbocycles. The van der Waals surface area contributed by atoms with Crippen LogP contribution in [0.5, 0.6) is 11.5 Å². The van der Waals surface area contributed by atoms with Crippen LogP contribution >= 0.6 is 12.4 Å². The summed E-state index contributed by atoms with van der Waals surface area (Å²) >= 11 is 0. The van der Waals surface area contributed by atoms with Crippen LogP contribution in [0.15, 0.2) is 42.7 Å². The van der Waals surface area contributed by atoms with Crippen LogP contribution in [-0.2, 0) is 11.2 Å². The molecule has 172 valence electrons. The molecule has 0 fully saturated rings. The summed E-state index contributed by atoms with van der Waals surface area (Å²) in [4.78, 5) is 20.7. The predicted molar refractivity (Wildman–Crippen MR) is 120 cm³/mol. The molecule has 0 aliphatic heterocycles. The van der Waals surface area contributed by atoms with Gasteiger partial charge >= 0.3 is 0 Å². The summed E-state index contributed by atoms with van der Waals surface area (Å²) in [6.07, 6.45) is 1.26. The van der Waals surface area contributed by atoms with Gasteiger partial charge in [0.15, 0.2) is 17.5 Å². The Labute approximate surface area is 192 Å². The molecule has 3 N–H and O–H groups in total. The van der Waals surface area contributed by atoms with E-state index in [1.807, 2.05) is 0 Å². The average molecular weight is 477 g/mol. The summed E-state index contributed by atoms with van der Waals surface area (Å²) in [7, 11) is 3.07. The van der Waals surface area contributed by atoms with Crippen molar-refractivity contribution >= 4 is 46.5 Å². The minimum absolute atomic E-state index is 0. The Bertz CT molecular complexity index is 1300. The van der Waals surface area contributed by atoms with E-state index in [0.29, 0.717) is 39.7 Å². The lowest BCUT2D eigenvalue weighted by Crippen LogP contribution is -2.16. The fourth-order valence-corrected chi connectivity index (χ4v) is 3.11. The zero-order valence-electron chi connectivity index (χ0n) is 17.5. The first-order valence-corrected chi connectivity index (χ1v) is 9.40. The molecule has 1 amide bonds. The number of nitrogens with zero attached hydrogens (tertiary/aromatic N) is 3. The van der Waals surface area contributed by atoms with E-state index in [2.05, 4.69) is 30.8 Å². The van der Waals surface area contributed by atoms with Gasteiger partial charge in [-0.15, -0.1) is 12.4 Å². The highest BCUT2D eigenvalue weighted by Gasteiger charge is 2.15. The number of benzene rings is 2. The molecule has 2 aromatic carbocycles. The van der Waals surface area contributed by atoms with Crippen LogP contribution in [-0.4, -0.2) is 40.3 Å². The molecule has 0 atom stereocenters. The van der Waals surface area contributed by atoms with Crippen molar-refractivity contribution in [2.45, 2.75) is 6.42 Å². The third-order valence-electron chi connectivity index (χ3n) is 4.59. The number of amides is 1. The lowest BCUT2D eigenvalue weighted by Gasteiger charge is -2.11. The topological polar surface area (TPSA) is 114 Å². The van der Waals surface area contributed by atoms with Crippen LogP contribution in [0.25, 0.3) is 10.9 Å². The van der Waals surface area contributed by atoms with Gasteiger partial charge in [-0.1, -0.05) is 6.07 Å². The standard InChI is InChI=1S/C21H18F2N6O3.ClH/c1-31-12-8-15-19(16(9-12)32-2)21(25-10-24-15)27-17-6-11(28-29-17)7-18(30)26-14-5-3-4-13(22)20(14)23;/h3-6,8-10H,7H2,1-2H3,(H,26,30)(H2,24,25,27,28,29);1H. The molecule has 9 nitrogen and oxygen atoms in total. The number of hydrogen-bond acceptors (Lipinski definition) is 7. The zero-order chi connectivity index (χ0) is 22.7. The van der Waals surface area contributed by atoms with Gasteiger partial charge in [0.25, 0.3) is 0 Å². The van der Waals surface area contributed by atoms with Crippen LogP contribution in [0.3, 0.4) is 0 Å². The summed E-state index contributed by atoms with van der Waals surface area (Å²) in [6.45, 7) is 0. The maximum absolute atomic E-state index is 13.7. The predicted octanol–water partition coefficient (Wildman–Crippen LogP) is 3.99. The monoisotopic (exact) mass is 476 g/mol. The Morgan fingerprint density at radius 3 is 2.70 bits per heavy atom. The molecule has 33 heavy (non-hydrogen) atoms. The van der Waals surface area contributed by atoms with Gasteiger partial charge in [-0.3, -0.25) is 9.89 Å². The van der Waals surface area contributed by atoms with E-state index < -0.39 is 17.5 Å². The molecule has 0 spiro atoms. The lowest BCUT2D eigenvalue weighted by molar-refractivity contribution is -0.115. The van der Waals surface area contributed by atoms with Crippen LogP contribution in [0.1, 0.15) is 5.69 Å². The summed E-state index contributed by atoms with van der Waals surface area (Å²) in [6, 6.07) is 8.62. The molecule has 0 saturated heterocycles. The number of ether oxygens (including phenoxy) is 2. The van der Waals surface area contributed by atoms with Crippen molar-refractivity contribution in [2.75, 3.05) is 24.9 Å². The number of fused-ring (bicyclic) bond motifs is 1. The number of anilines is 3. The fraction of sp³-hybridized carbons (Fsp3) is 0.143. The summed E-state index contributed by atoms with van der Waals surface area (Å²) in [5.41, 5.74) is 0.822.